The maximum atomic E-state index is 13.2. The van der Waals surface area contributed by atoms with Crippen molar-refractivity contribution in [3.63, 3.8) is 0 Å². The van der Waals surface area contributed by atoms with Crippen LogP contribution in [0.25, 0.3) is 11.0 Å². The van der Waals surface area contributed by atoms with Gasteiger partial charge in [-0.3, -0.25) is 10.1 Å². The Bertz CT molecular complexity index is 1250. The fourth-order valence-corrected chi connectivity index (χ4v) is 5.28. The van der Waals surface area contributed by atoms with Crippen molar-refractivity contribution < 1.29 is 18.4 Å². The second-order valence-electron chi connectivity index (χ2n) is 8.12. The van der Waals surface area contributed by atoms with Crippen LogP contribution in [0.5, 0.6) is 0 Å². The first-order valence-electron chi connectivity index (χ1n) is 10.3. The number of benzene rings is 1. The molecule has 3 aromatic rings. The lowest BCUT2D eigenvalue weighted by atomic mass is 9.93. The monoisotopic (exact) mass is 459 g/mol. The Morgan fingerprint density at radius 1 is 1.22 bits per heavy atom. The van der Waals surface area contributed by atoms with Crippen molar-refractivity contribution >= 4 is 32.4 Å². The second-order valence-corrected chi connectivity index (χ2v) is 9.93. The topological polar surface area (TPSA) is 131 Å². The molecule has 1 aromatic carbocycles. The molecule has 10 nitrogen and oxygen atoms in total. The largest absolute Gasteiger partial charge is 0.393 e. The summed E-state index contributed by atoms with van der Waals surface area (Å²) in [5, 5.41) is 23.7. The Labute approximate surface area is 185 Å². The highest BCUT2D eigenvalue weighted by Crippen LogP contribution is 2.34. The Morgan fingerprint density at radius 2 is 1.88 bits per heavy atom. The van der Waals surface area contributed by atoms with Crippen molar-refractivity contribution in [2.75, 3.05) is 18.5 Å². The number of hydrazine groups is 1. The molecule has 0 saturated carbocycles. The van der Waals surface area contributed by atoms with E-state index in [1.165, 1.54) is 24.4 Å². The standard InChI is InChI=1S/C21H25N5O5S/c1-14-3-5-17(6-4-14)32(30,31)25-12-9-18-20(19(26(28)29)13-22-21(18)25)23-24-10-7-16(8-11-24)15(2)27/h3-6,9,12-13,15-16,27H,7-8,10-11H2,1-2H3,(H,22,23). The Kier molecular flexibility index (Phi) is 5.89. The number of pyridine rings is 1. The van der Waals surface area contributed by atoms with E-state index in [2.05, 4.69) is 10.4 Å². The van der Waals surface area contributed by atoms with Crippen LogP contribution < -0.4 is 5.43 Å². The summed E-state index contributed by atoms with van der Waals surface area (Å²) in [4.78, 5) is 15.3. The zero-order chi connectivity index (χ0) is 23.0. The van der Waals surface area contributed by atoms with Crippen molar-refractivity contribution in [3.05, 3.63) is 58.4 Å². The van der Waals surface area contributed by atoms with E-state index in [-0.39, 0.29) is 27.8 Å². The Balaban J connectivity index is 1.73. The van der Waals surface area contributed by atoms with Crippen molar-refractivity contribution in [1.82, 2.24) is 14.0 Å². The molecule has 1 fully saturated rings. The van der Waals surface area contributed by atoms with Gasteiger partial charge in [0.1, 0.15) is 11.9 Å². The molecule has 32 heavy (non-hydrogen) atoms. The molecule has 4 rings (SSSR count). The summed E-state index contributed by atoms with van der Waals surface area (Å²) < 4.78 is 27.4. The van der Waals surface area contributed by atoms with Crippen LogP contribution in [0, 0.1) is 23.0 Å². The third kappa shape index (κ3) is 4.06. The first-order chi connectivity index (χ1) is 15.2. The second kappa shape index (κ2) is 8.49. The molecule has 170 valence electrons. The highest BCUT2D eigenvalue weighted by atomic mass is 32.2. The minimum Gasteiger partial charge on any atom is -0.393 e. The smallest absolute Gasteiger partial charge is 0.312 e. The highest BCUT2D eigenvalue weighted by Gasteiger charge is 2.28. The summed E-state index contributed by atoms with van der Waals surface area (Å²) >= 11 is 0. The van der Waals surface area contributed by atoms with Gasteiger partial charge in [0, 0.05) is 19.3 Å². The van der Waals surface area contributed by atoms with Crippen LogP contribution >= 0.6 is 0 Å². The predicted molar refractivity (Wildman–Crippen MR) is 120 cm³/mol. The van der Waals surface area contributed by atoms with Crippen LogP contribution in [0.2, 0.25) is 0 Å². The molecule has 2 aromatic heterocycles. The molecule has 2 N–H and O–H groups in total. The van der Waals surface area contributed by atoms with Crippen LogP contribution in [0.4, 0.5) is 11.4 Å². The van der Waals surface area contributed by atoms with Crippen molar-refractivity contribution in [2.45, 2.75) is 37.7 Å². The zero-order valence-corrected chi connectivity index (χ0v) is 18.6. The molecule has 1 aliphatic rings. The van der Waals surface area contributed by atoms with Gasteiger partial charge >= 0.3 is 5.69 Å². The number of rotatable bonds is 6. The number of fused-ring (bicyclic) bond motifs is 1. The maximum Gasteiger partial charge on any atom is 0.312 e. The highest BCUT2D eigenvalue weighted by molar-refractivity contribution is 7.90. The summed E-state index contributed by atoms with van der Waals surface area (Å²) in [5.41, 5.74) is 4.11. The van der Waals surface area contributed by atoms with Crippen LogP contribution in [-0.4, -0.2) is 51.6 Å². The Hall–Kier alpha value is -3.02. The van der Waals surface area contributed by atoms with Crippen molar-refractivity contribution in [1.29, 1.82) is 0 Å². The van der Waals surface area contributed by atoms with E-state index in [1.807, 2.05) is 11.9 Å². The molecular formula is C21H25N5O5S. The molecule has 0 spiro atoms. The van der Waals surface area contributed by atoms with E-state index in [0.29, 0.717) is 18.5 Å². The van der Waals surface area contributed by atoms with Gasteiger partial charge in [0.25, 0.3) is 10.0 Å². The summed E-state index contributed by atoms with van der Waals surface area (Å²) in [6, 6.07) is 7.98. The summed E-state index contributed by atoms with van der Waals surface area (Å²) in [5.74, 6) is 0.182. The zero-order valence-electron chi connectivity index (χ0n) is 17.8. The molecule has 11 heteroatoms. The average molecular weight is 460 g/mol. The number of piperidine rings is 1. The normalized spacial score (nSPS) is 16.8. The lowest BCUT2D eigenvalue weighted by molar-refractivity contribution is -0.384. The quantitative estimate of drug-likeness (QED) is 0.425. The molecular weight excluding hydrogens is 434 g/mol. The van der Waals surface area contributed by atoms with Crippen LogP contribution in [0.1, 0.15) is 25.3 Å². The molecule has 0 aliphatic carbocycles. The number of nitro groups is 1. The number of hydrogen-bond acceptors (Lipinski definition) is 8. The molecule has 0 radical (unpaired) electrons. The van der Waals surface area contributed by atoms with Crippen LogP contribution in [0.15, 0.2) is 47.6 Å². The van der Waals surface area contributed by atoms with E-state index in [4.69, 9.17) is 0 Å². The van der Waals surface area contributed by atoms with Gasteiger partial charge in [-0.05, 0) is 50.8 Å². The van der Waals surface area contributed by atoms with E-state index in [1.54, 1.807) is 19.1 Å². The summed E-state index contributed by atoms with van der Waals surface area (Å²) in [6.45, 7) is 4.82. The first kappa shape index (κ1) is 22.2. The number of nitrogens with zero attached hydrogens (tertiary/aromatic N) is 4. The van der Waals surface area contributed by atoms with Gasteiger partial charge in [0.2, 0.25) is 0 Å². The van der Waals surface area contributed by atoms with Gasteiger partial charge in [-0.1, -0.05) is 17.7 Å². The summed E-state index contributed by atoms with van der Waals surface area (Å²) in [7, 11) is -3.92. The van der Waals surface area contributed by atoms with Gasteiger partial charge in [-0.15, -0.1) is 0 Å². The van der Waals surface area contributed by atoms with Gasteiger partial charge in [0.15, 0.2) is 5.65 Å². The number of anilines is 1. The number of nitrogens with one attached hydrogen (secondary N) is 1. The SMILES string of the molecule is Cc1ccc(S(=O)(=O)n2ccc3c(NN4CCC(C(C)O)CC4)c([N+](=O)[O-])cnc32)cc1. The van der Waals surface area contributed by atoms with Crippen LogP contribution in [-0.2, 0) is 10.0 Å². The fraction of sp³-hybridized carbons (Fsp3) is 0.381. The molecule has 1 atom stereocenters. The van der Waals surface area contributed by atoms with Gasteiger partial charge in [-0.25, -0.2) is 22.4 Å². The molecule has 1 saturated heterocycles. The number of aliphatic hydroxyl groups excluding tert-OH is 1. The first-order valence-corrected chi connectivity index (χ1v) is 11.8. The molecule has 0 amide bonds. The van der Waals surface area contributed by atoms with E-state index in [0.717, 1.165) is 28.6 Å². The van der Waals surface area contributed by atoms with Crippen molar-refractivity contribution in [3.8, 4) is 0 Å². The fourth-order valence-electron chi connectivity index (χ4n) is 3.98. The number of aliphatic hydroxyl groups is 1. The summed E-state index contributed by atoms with van der Waals surface area (Å²) in [6.07, 6.45) is 3.53. The third-order valence-corrected chi connectivity index (χ3v) is 7.61. The number of aromatic nitrogens is 2. The lowest BCUT2D eigenvalue weighted by Gasteiger charge is -2.33. The van der Waals surface area contributed by atoms with Gasteiger partial charge in [-0.2, -0.15) is 0 Å². The molecule has 3 heterocycles. The molecule has 0 bridgehead atoms. The minimum atomic E-state index is -3.92. The van der Waals surface area contributed by atoms with Gasteiger partial charge in [0.05, 0.1) is 21.3 Å². The minimum absolute atomic E-state index is 0.107. The van der Waals surface area contributed by atoms with E-state index in [9.17, 15) is 23.6 Å². The molecule has 1 aliphatic heterocycles. The third-order valence-electron chi connectivity index (χ3n) is 5.93. The predicted octanol–water partition coefficient (Wildman–Crippen LogP) is 2.91. The van der Waals surface area contributed by atoms with Crippen LogP contribution in [0.3, 0.4) is 0 Å². The maximum absolute atomic E-state index is 13.2. The van der Waals surface area contributed by atoms with E-state index >= 15 is 0 Å². The average Bonchev–Trinajstić information content (AvgIpc) is 3.20. The van der Waals surface area contributed by atoms with E-state index < -0.39 is 21.1 Å². The molecule has 1 unspecified atom stereocenters. The van der Waals surface area contributed by atoms with Gasteiger partial charge < -0.3 is 10.5 Å². The number of hydrogen-bond donors (Lipinski definition) is 2. The lowest BCUT2D eigenvalue weighted by Crippen LogP contribution is -2.40. The van der Waals surface area contributed by atoms with Crippen molar-refractivity contribution in [2.24, 2.45) is 5.92 Å². The number of aryl methyl sites for hydroxylation is 1. The Morgan fingerprint density at radius 3 is 2.47 bits per heavy atom.